The van der Waals surface area contributed by atoms with Gasteiger partial charge in [-0.15, -0.1) is 6.42 Å². The van der Waals surface area contributed by atoms with Crippen LogP contribution in [0.4, 0.5) is 4.39 Å². The molecule has 2 aromatic heterocycles. The van der Waals surface area contributed by atoms with E-state index in [0.717, 1.165) is 5.56 Å². The zero-order chi connectivity index (χ0) is 21.2. The molecule has 3 rings (SSSR count). The lowest BCUT2D eigenvalue weighted by Gasteiger charge is -2.35. The number of aryl methyl sites for hydroxylation is 1. The van der Waals surface area contributed by atoms with Crippen LogP contribution in [0.2, 0.25) is 0 Å². The maximum absolute atomic E-state index is 14.6. The van der Waals surface area contributed by atoms with Crippen molar-refractivity contribution in [1.82, 2.24) is 14.8 Å². The van der Waals surface area contributed by atoms with Gasteiger partial charge >= 0.3 is 0 Å². The Bertz CT molecular complexity index is 1060. The monoisotopic (exact) mass is 395 g/mol. The standard InChI is InChI=1S/C23H26FN3O2/c1-6-21(28)23(7-2,8-3)17-10-11-19(26-22(17)29-5)15-12-18(24)16-14-25-27(9-4)20(16)13-15/h1,10-14,21,28H,7-9H2,2-5H3. The number of hydrogen-bond acceptors (Lipinski definition) is 4. The van der Waals surface area contributed by atoms with Crippen LogP contribution in [0.3, 0.4) is 0 Å². The normalized spacial score (nSPS) is 12.7. The Morgan fingerprint density at radius 3 is 2.59 bits per heavy atom. The fourth-order valence-corrected chi connectivity index (χ4v) is 3.99. The molecular formula is C23H26FN3O2. The van der Waals surface area contributed by atoms with Crippen molar-refractivity contribution in [3.8, 4) is 29.5 Å². The third-order valence-electron chi connectivity index (χ3n) is 5.84. The second kappa shape index (κ2) is 8.22. The number of hydrogen-bond donors (Lipinski definition) is 1. The van der Waals surface area contributed by atoms with Crippen molar-refractivity contribution in [2.24, 2.45) is 0 Å². The Balaban J connectivity index is 2.17. The third kappa shape index (κ3) is 3.36. The number of fused-ring (bicyclic) bond motifs is 1. The Morgan fingerprint density at radius 1 is 1.28 bits per heavy atom. The molecule has 1 N–H and O–H groups in total. The molecule has 29 heavy (non-hydrogen) atoms. The minimum atomic E-state index is -0.966. The molecule has 3 aromatic rings. The van der Waals surface area contributed by atoms with Crippen LogP contribution in [0.25, 0.3) is 22.2 Å². The van der Waals surface area contributed by atoms with Crippen LogP contribution in [0, 0.1) is 18.2 Å². The van der Waals surface area contributed by atoms with Gasteiger partial charge in [0.05, 0.1) is 29.9 Å². The van der Waals surface area contributed by atoms with E-state index in [4.69, 9.17) is 11.2 Å². The van der Waals surface area contributed by atoms with Crippen molar-refractivity contribution < 1.29 is 14.2 Å². The SMILES string of the molecule is C#CC(O)C(CC)(CC)c1ccc(-c2cc(F)c3cnn(CC)c3c2)nc1OC. The van der Waals surface area contributed by atoms with E-state index in [1.807, 2.05) is 39.0 Å². The minimum Gasteiger partial charge on any atom is -0.481 e. The van der Waals surface area contributed by atoms with E-state index in [1.54, 1.807) is 4.68 Å². The number of nitrogens with zero attached hydrogens (tertiary/aromatic N) is 3. The van der Waals surface area contributed by atoms with E-state index >= 15 is 0 Å². The molecule has 1 aromatic carbocycles. The van der Waals surface area contributed by atoms with Gasteiger partial charge in [0.25, 0.3) is 0 Å². The molecule has 152 valence electrons. The largest absolute Gasteiger partial charge is 0.481 e. The number of benzene rings is 1. The second-order valence-corrected chi connectivity index (χ2v) is 7.04. The zero-order valence-electron chi connectivity index (χ0n) is 17.2. The highest BCUT2D eigenvalue weighted by Crippen LogP contribution is 2.40. The quantitative estimate of drug-likeness (QED) is 0.606. The summed E-state index contributed by atoms with van der Waals surface area (Å²) in [6, 6.07) is 7.01. The summed E-state index contributed by atoms with van der Waals surface area (Å²) in [6.45, 7) is 6.56. The molecule has 0 bridgehead atoms. The van der Waals surface area contributed by atoms with Crippen LogP contribution < -0.4 is 4.74 Å². The molecule has 1 atom stereocenters. The van der Waals surface area contributed by atoms with Crippen LogP contribution in [0.5, 0.6) is 5.88 Å². The van der Waals surface area contributed by atoms with Crippen molar-refractivity contribution in [2.75, 3.05) is 7.11 Å². The summed E-state index contributed by atoms with van der Waals surface area (Å²) >= 11 is 0. The summed E-state index contributed by atoms with van der Waals surface area (Å²) in [6.07, 6.45) is 7.36. The van der Waals surface area contributed by atoms with Crippen molar-refractivity contribution in [1.29, 1.82) is 0 Å². The number of terminal acetylenes is 1. The molecule has 0 fully saturated rings. The summed E-state index contributed by atoms with van der Waals surface area (Å²) in [4.78, 5) is 4.63. The number of aromatic nitrogens is 3. The first-order valence-electron chi connectivity index (χ1n) is 9.80. The van der Waals surface area contributed by atoms with E-state index in [-0.39, 0.29) is 5.82 Å². The van der Waals surface area contributed by atoms with E-state index in [9.17, 15) is 9.50 Å². The van der Waals surface area contributed by atoms with Crippen molar-refractivity contribution in [3.63, 3.8) is 0 Å². The molecule has 2 heterocycles. The number of ether oxygens (including phenoxy) is 1. The summed E-state index contributed by atoms with van der Waals surface area (Å²) in [5.74, 6) is 2.49. The molecule has 1 unspecified atom stereocenters. The maximum Gasteiger partial charge on any atom is 0.217 e. The van der Waals surface area contributed by atoms with Gasteiger partial charge in [0.15, 0.2) is 0 Å². The Labute approximate surface area is 170 Å². The van der Waals surface area contributed by atoms with Crippen molar-refractivity contribution in [3.05, 3.63) is 41.8 Å². The highest BCUT2D eigenvalue weighted by atomic mass is 19.1. The predicted octanol–water partition coefficient (Wildman–Crippen LogP) is 4.32. The molecule has 0 aliphatic heterocycles. The topological polar surface area (TPSA) is 60.2 Å². The van der Waals surface area contributed by atoms with E-state index in [2.05, 4.69) is 16.0 Å². The lowest BCUT2D eigenvalue weighted by molar-refractivity contribution is 0.120. The smallest absolute Gasteiger partial charge is 0.217 e. The average Bonchev–Trinajstić information content (AvgIpc) is 3.18. The molecule has 0 amide bonds. The molecule has 0 aliphatic rings. The van der Waals surface area contributed by atoms with Crippen LogP contribution in [0.1, 0.15) is 39.2 Å². The highest BCUT2D eigenvalue weighted by molar-refractivity contribution is 5.84. The predicted molar refractivity (Wildman–Crippen MR) is 112 cm³/mol. The summed E-state index contributed by atoms with van der Waals surface area (Å²) < 4.78 is 21.9. The molecule has 0 radical (unpaired) electrons. The first-order valence-corrected chi connectivity index (χ1v) is 9.80. The van der Waals surface area contributed by atoms with E-state index < -0.39 is 11.5 Å². The van der Waals surface area contributed by atoms with Gasteiger partial charge in [-0.05, 0) is 38.0 Å². The van der Waals surface area contributed by atoms with Crippen LogP contribution in [-0.2, 0) is 12.0 Å². The lowest BCUT2D eigenvalue weighted by atomic mass is 9.72. The fraction of sp³-hybridized carbons (Fsp3) is 0.391. The Morgan fingerprint density at radius 2 is 2.00 bits per heavy atom. The second-order valence-electron chi connectivity index (χ2n) is 7.04. The molecule has 5 nitrogen and oxygen atoms in total. The van der Waals surface area contributed by atoms with Gasteiger partial charge in [0.2, 0.25) is 5.88 Å². The number of pyridine rings is 1. The lowest BCUT2D eigenvalue weighted by Crippen LogP contribution is -2.38. The molecule has 0 aliphatic carbocycles. The molecular weight excluding hydrogens is 369 g/mol. The average molecular weight is 395 g/mol. The maximum atomic E-state index is 14.6. The molecule has 6 heteroatoms. The number of aliphatic hydroxyl groups excluding tert-OH is 1. The Hall–Kier alpha value is -2.91. The number of methoxy groups -OCH3 is 1. The third-order valence-corrected chi connectivity index (χ3v) is 5.84. The zero-order valence-corrected chi connectivity index (χ0v) is 17.2. The van der Waals surface area contributed by atoms with Crippen LogP contribution in [0.15, 0.2) is 30.5 Å². The number of rotatable bonds is 7. The van der Waals surface area contributed by atoms with Gasteiger partial charge in [0, 0.05) is 23.1 Å². The van der Waals surface area contributed by atoms with Crippen LogP contribution in [-0.4, -0.2) is 33.1 Å². The summed E-state index contributed by atoms with van der Waals surface area (Å²) in [7, 11) is 1.53. The first kappa shape index (κ1) is 20.8. The van der Waals surface area contributed by atoms with Gasteiger partial charge in [-0.1, -0.05) is 25.8 Å². The van der Waals surface area contributed by atoms with Gasteiger partial charge in [0.1, 0.15) is 11.9 Å². The highest BCUT2D eigenvalue weighted by Gasteiger charge is 2.38. The summed E-state index contributed by atoms with van der Waals surface area (Å²) in [5.41, 5.74) is 2.00. The van der Waals surface area contributed by atoms with Crippen molar-refractivity contribution in [2.45, 2.75) is 51.7 Å². The van der Waals surface area contributed by atoms with Gasteiger partial charge in [-0.3, -0.25) is 4.68 Å². The molecule has 0 spiro atoms. The number of halogens is 1. The van der Waals surface area contributed by atoms with Crippen molar-refractivity contribution >= 4 is 10.9 Å². The van der Waals surface area contributed by atoms with Crippen LogP contribution >= 0.6 is 0 Å². The van der Waals surface area contributed by atoms with E-state index in [0.29, 0.717) is 47.4 Å². The fourth-order valence-electron chi connectivity index (χ4n) is 3.99. The minimum absolute atomic E-state index is 0.346. The molecule has 0 saturated carbocycles. The van der Waals surface area contributed by atoms with Gasteiger partial charge in [-0.25, -0.2) is 9.37 Å². The number of aliphatic hydroxyl groups is 1. The van der Waals surface area contributed by atoms with E-state index in [1.165, 1.54) is 19.4 Å². The molecule has 0 saturated heterocycles. The van der Waals surface area contributed by atoms with Gasteiger partial charge in [-0.2, -0.15) is 5.10 Å². The first-order chi connectivity index (χ1) is 13.9. The Kier molecular flexibility index (Phi) is 5.90. The van der Waals surface area contributed by atoms with Gasteiger partial charge < -0.3 is 9.84 Å². The summed E-state index contributed by atoms with van der Waals surface area (Å²) in [5, 5.41) is 15.2.